The number of hydrogen-bond donors (Lipinski definition) is 0. The molecule has 0 saturated carbocycles. The molecule has 104 valence electrons. The first kappa shape index (κ1) is 14.2. The zero-order valence-electron chi connectivity index (χ0n) is 11.4. The standard InChI is InChI=1S/C15H16N2O3/c1-2-3-4-5-9-20-11-8-6-7-10-12(11)15(19)13(17-16)14(10)18/h6-8H,2-5,9H2,1H3. The lowest BCUT2D eigenvalue weighted by Gasteiger charge is -2.06. The summed E-state index contributed by atoms with van der Waals surface area (Å²) in [5.74, 6) is 0.385. The van der Waals surface area contributed by atoms with Crippen molar-refractivity contribution in [2.75, 3.05) is 6.61 Å². The highest BCUT2D eigenvalue weighted by Gasteiger charge is 2.19. The Hall–Kier alpha value is -2.26. The first-order chi connectivity index (χ1) is 9.70. The summed E-state index contributed by atoms with van der Waals surface area (Å²) in [4.78, 5) is 26.6. The third-order valence-corrected chi connectivity index (χ3v) is 3.28. The smallest absolute Gasteiger partial charge is 0.410 e. The van der Waals surface area contributed by atoms with Gasteiger partial charge in [-0.25, -0.2) is 0 Å². The van der Waals surface area contributed by atoms with E-state index in [9.17, 15) is 9.59 Å². The van der Waals surface area contributed by atoms with E-state index in [0.29, 0.717) is 12.4 Å². The van der Waals surface area contributed by atoms with Gasteiger partial charge in [-0.3, -0.25) is 9.59 Å². The Morgan fingerprint density at radius 2 is 1.95 bits per heavy atom. The van der Waals surface area contributed by atoms with Gasteiger partial charge in [-0.15, -0.1) is 0 Å². The van der Waals surface area contributed by atoms with Gasteiger partial charge in [0.2, 0.25) is 0 Å². The Bertz CT molecular complexity index is 782. The van der Waals surface area contributed by atoms with Gasteiger partial charge in [0.1, 0.15) is 5.75 Å². The molecule has 5 nitrogen and oxygen atoms in total. The van der Waals surface area contributed by atoms with Gasteiger partial charge in [-0.05, 0) is 18.6 Å². The second-order valence-corrected chi connectivity index (χ2v) is 4.69. The summed E-state index contributed by atoms with van der Waals surface area (Å²) in [6, 6.07) is 4.85. The molecule has 0 fully saturated rings. The van der Waals surface area contributed by atoms with E-state index in [1.54, 1.807) is 12.1 Å². The number of nitrogens with zero attached hydrogens (tertiary/aromatic N) is 2. The van der Waals surface area contributed by atoms with Gasteiger partial charge in [0.15, 0.2) is 0 Å². The molecule has 0 bridgehead atoms. The van der Waals surface area contributed by atoms with E-state index in [4.69, 9.17) is 10.3 Å². The number of rotatable bonds is 6. The Morgan fingerprint density at radius 3 is 2.65 bits per heavy atom. The molecular formula is C15H16N2O3. The third-order valence-electron chi connectivity index (χ3n) is 3.28. The summed E-state index contributed by atoms with van der Waals surface area (Å²) in [6.07, 6.45) is 4.27. The topological polar surface area (TPSA) is 79.8 Å². The van der Waals surface area contributed by atoms with Crippen molar-refractivity contribution < 1.29 is 9.53 Å². The molecular weight excluding hydrogens is 256 g/mol. The van der Waals surface area contributed by atoms with Crippen LogP contribution in [0.25, 0.3) is 16.3 Å². The largest absolute Gasteiger partial charge is 0.493 e. The maximum Gasteiger partial charge on any atom is 0.410 e. The van der Waals surface area contributed by atoms with Gasteiger partial charge in [0.05, 0.1) is 12.0 Å². The van der Waals surface area contributed by atoms with Crippen molar-refractivity contribution in [3.8, 4) is 5.75 Å². The lowest BCUT2D eigenvalue weighted by atomic mass is 10.2. The normalized spacial score (nSPS) is 10.7. The number of hydrogen-bond acceptors (Lipinski definition) is 3. The van der Waals surface area contributed by atoms with Crippen LogP contribution in [0.3, 0.4) is 0 Å². The van der Waals surface area contributed by atoms with Gasteiger partial charge in [-0.1, -0.05) is 32.3 Å². The van der Waals surface area contributed by atoms with E-state index in [1.807, 2.05) is 0 Å². The lowest BCUT2D eigenvalue weighted by molar-refractivity contribution is -0.0674. The third kappa shape index (κ3) is 2.53. The van der Waals surface area contributed by atoms with Gasteiger partial charge >= 0.3 is 5.36 Å². The molecule has 0 aliphatic heterocycles. The summed E-state index contributed by atoms with van der Waals surface area (Å²) in [5.41, 5.74) is 7.62. The minimum absolute atomic E-state index is 0.209. The van der Waals surface area contributed by atoms with E-state index in [2.05, 4.69) is 11.7 Å². The number of fused-ring (bicyclic) bond motifs is 1. The molecule has 0 radical (unpaired) electrons. The highest BCUT2D eigenvalue weighted by atomic mass is 16.5. The van der Waals surface area contributed by atoms with Crippen LogP contribution in [0, 0.1) is 0 Å². The molecule has 2 aromatic carbocycles. The van der Waals surface area contributed by atoms with Crippen LogP contribution in [0.1, 0.15) is 32.6 Å². The van der Waals surface area contributed by atoms with Gasteiger partial charge < -0.3 is 10.3 Å². The second kappa shape index (κ2) is 6.26. The van der Waals surface area contributed by atoms with Crippen LogP contribution in [-0.4, -0.2) is 11.4 Å². The van der Waals surface area contributed by atoms with Crippen molar-refractivity contribution in [1.82, 2.24) is 0 Å². The molecule has 5 heteroatoms. The Labute approximate surface area is 115 Å². The Morgan fingerprint density at radius 1 is 1.15 bits per heavy atom. The van der Waals surface area contributed by atoms with Crippen molar-refractivity contribution in [2.45, 2.75) is 32.6 Å². The summed E-state index contributed by atoms with van der Waals surface area (Å²) < 4.78 is 5.60. The van der Waals surface area contributed by atoms with E-state index < -0.39 is 16.2 Å². The average Bonchev–Trinajstić information content (AvgIpc) is 2.71. The van der Waals surface area contributed by atoms with Crippen LogP contribution < -0.4 is 21.0 Å². The maximum absolute atomic E-state index is 12.0. The lowest BCUT2D eigenvalue weighted by Crippen LogP contribution is -2.32. The van der Waals surface area contributed by atoms with Crippen molar-refractivity contribution in [3.05, 3.63) is 49.5 Å². The van der Waals surface area contributed by atoms with Crippen LogP contribution in [0.15, 0.2) is 27.8 Å². The fraction of sp³-hybridized carbons (Fsp3) is 0.400. The first-order valence-electron chi connectivity index (χ1n) is 6.78. The molecule has 0 aliphatic carbocycles. The van der Waals surface area contributed by atoms with E-state index in [1.165, 1.54) is 6.07 Å². The average molecular weight is 272 g/mol. The van der Waals surface area contributed by atoms with Crippen LogP contribution in [0.2, 0.25) is 0 Å². The highest BCUT2D eigenvalue weighted by Crippen LogP contribution is 2.20. The molecule has 0 unspecified atom stereocenters. The van der Waals surface area contributed by atoms with Crippen molar-refractivity contribution >= 4 is 10.8 Å². The molecule has 20 heavy (non-hydrogen) atoms. The molecule has 0 aromatic heterocycles. The molecule has 0 saturated heterocycles. The maximum atomic E-state index is 12.0. The Balaban J connectivity index is 2.34. The molecule has 0 atom stereocenters. The SMILES string of the molecule is CCCCCCOc1cccc2c(=O)c(=[N+]=[N-])c(=O)c12. The fourth-order valence-electron chi connectivity index (χ4n) is 2.23. The van der Waals surface area contributed by atoms with E-state index >= 15 is 0 Å². The van der Waals surface area contributed by atoms with Crippen LogP contribution in [-0.2, 0) is 0 Å². The number of ether oxygens (including phenoxy) is 1. The summed E-state index contributed by atoms with van der Waals surface area (Å²) in [7, 11) is 0. The minimum Gasteiger partial charge on any atom is -0.493 e. The zero-order chi connectivity index (χ0) is 14.5. The molecule has 2 aromatic rings. The highest BCUT2D eigenvalue weighted by molar-refractivity contribution is 5.88. The van der Waals surface area contributed by atoms with Gasteiger partial charge in [0, 0.05) is 5.39 Å². The fourth-order valence-corrected chi connectivity index (χ4v) is 2.23. The first-order valence-corrected chi connectivity index (χ1v) is 6.78. The molecule has 0 amide bonds. The molecule has 2 rings (SSSR count). The summed E-state index contributed by atoms with van der Waals surface area (Å²) in [6.45, 7) is 2.63. The van der Waals surface area contributed by atoms with E-state index in [-0.39, 0.29) is 10.8 Å². The van der Waals surface area contributed by atoms with Gasteiger partial charge in [0.25, 0.3) is 10.9 Å². The van der Waals surface area contributed by atoms with Gasteiger partial charge in [-0.2, -0.15) is 4.79 Å². The molecule has 0 N–H and O–H groups in total. The van der Waals surface area contributed by atoms with Crippen molar-refractivity contribution in [3.63, 3.8) is 0 Å². The van der Waals surface area contributed by atoms with E-state index in [0.717, 1.165) is 25.7 Å². The second-order valence-electron chi connectivity index (χ2n) is 4.69. The van der Waals surface area contributed by atoms with Crippen LogP contribution >= 0.6 is 0 Å². The summed E-state index contributed by atoms with van der Waals surface area (Å²) in [5, 5.41) is 0.0108. The minimum atomic E-state index is -0.573. The summed E-state index contributed by atoms with van der Waals surface area (Å²) >= 11 is 0. The van der Waals surface area contributed by atoms with Crippen LogP contribution in [0.5, 0.6) is 5.75 Å². The predicted molar refractivity (Wildman–Crippen MR) is 75.3 cm³/mol. The monoisotopic (exact) mass is 272 g/mol. The molecule has 0 aliphatic rings. The molecule has 0 heterocycles. The number of unbranched alkanes of at least 4 members (excludes halogenated alkanes) is 3. The van der Waals surface area contributed by atoms with Crippen molar-refractivity contribution in [1.29, 1.82) is 0 Å². The quantitative estimate of drug-likeness (QED) is 0.454. The van der Waals surface area contributed by atoms with Crippen molar-refractivity contribution in [2.24, 2.45) is 0 Å². The van der Waals surface area contributed by atoms with Crippen LogP contribution in [0.4, 0.5) is 0 Å². The molecule has 0 spiro atoms. The Kier molecular flexibility index (Phi) is 4.43. The number of benzene rings is 1. The zero-order valence-corrected chi connectivity index (χ0v) is 11.4. The predicted octanol–water partition coefficient (Wildman–Crippen LogP) is 1.53.